The predicted octanol–water partition coefficient (Wildman–Crippen LogP) is 3.50. The van der Waals surface area contributed by atoms with Crippen molar-refractivity contribution in [2.75, 3.05) is 11.1 Å². The number of hydrogen-bond donors (Lipinski definition) is 2. The highest BCUT2D eigenvalue weighted by Crippen LogP contribution is 2.25. The molecule has 5 rings (SSSR count). The minimum atomic E-state index is -0.267. The van der Waals surface area contributed by atoms with Crippen LogP contribution >= 0.6 is 0 Å². The number of nitrogens with two attached hydrogens (primary N) is 1. The summed E-state index contributed by atoms with van der Waals surface area (Å²) in [6, 6.07) is 14.2. The molecule has 7 heteroatoms. The third-order valence-corrected chi connectivity index (χ3v) is 5.49. The zero-order chi connectivity index (χ0) is 22.9. The fraction of sp³-hybridized carbons (Fsp3) is 0.192. The number of pyridine rings is 1. The molecule has 2 heterocycles. The largest absolute Gasteiger partial charge is 0.396 e. The summed E-state index contributed by atoms with van der Waals surface area (Å²) in [6.45, 7) is 4.07. The number of rotatable bonds is 4. The molecule has 33 heavy (non-hydrogen) atoms. The summed E-state index contributed by atoms with van der Waals surface area (Å²) in [5.41, 5.74) is 10.0. The first-order valence-corrected chi connectivity index (χ1v) is 11.0. The van der Waals surface area contributed by atoms with Crippen LogP contribution in [0.25, 0.3) is 29.2 Å². The van der Waals surface area contributed by atoms with Crippen LogP contribution in [0, 0.1) is 5.82 Å². The molecule has 1 aromatic heterocycles. The summed E-state index contributed by atoms with van der Waals surface area (Å²) in [6.07, 6.45) is 7.89. The van der Waals surface area contributed by atoms with Crippen molar-refractivity contribution in [2.24, 2.45) is 4.99 Å². The lowest BCUT2D eigenvalue weighted by molar-refractivity contribution is 0.627. The number of anilines is 3. The summed E-state index contributed by atoms with van der Waals surface area (Å²) in [7, 11) is 0. The van der Waals surface area contributed by atoms with Gasteiger partial charge in [0.2, 0.25) is 0 Å². The third-order valence-electron chi connectivity index (χ3n) is 5.49. The van der Waals surface area contributed by atoms with Crippen molar-refractivity contribution >= 4 is 29.3 Å². The van der Waals surface area contributed by atoms with Crippen molar-refractivity contribution in [2.45, 2.75) is 32.7 Å². The van der Waals surface area contributed by atoms with Gasteiger partial charge in [-0.1, -0.05) is 12.2 Å². The molecule has 0 saturated heterocycles. The van der Waals surface area contributed by atoms with Crippen molar-refractivity contribution in [3.8, 4) is 17.1 Å². The number of fused-ring (bicyclic) bond motifs is 2. The molecule has 0 fully saturated rings. The number of nitrogen functional groups attached to an aromatic ring is 1. The van der Waals surface area contributed by atoms with Crippen LogP contribution < -0.4 is 27.1 Å². The molecule has 0 amide bonds. The Balaban J connectivity index is 1.83. The predicted molar refractivity (Wildman–Crippen MR) is 130 cm³/mol. The Bertz CT molecular complexity index is 1490. The molecule has 0 saturated carbocycles. The molecule has 0 unspecified atom stereocenters. The van der Waals surface area contributed by atoms with Gasteiger partial charge in [0, 0.05) is 17.9 Å². The summed E-state index contributed by atoms with van der Waals surface area (Å²) in [4.78, 5) is 14.2. The topological polar surface area (TPSA) is 81.1 Å². The van der Waals surface area contributed by atoms with Crippen LogP contribution in [0.15, 0.2) is 59.7 Å². The van der Waals surface area contributed by atoms with Crippen LogP contribution in [-0.4, -0.2) is 20.6 Å². The molecule has 3 N–H and O–H groups in total. The minimum Gasteiger partial charge on any atom is -0.396 e. The molecular formula is C26H25FN6. The van der Waals surface area contributed by atoms with E-state index in [4.69, 9.17) is 15.7 Å². The van der Waals surface area contributed by atoms with Crippen LogP contribution in [-0.2, 0) is 0 Å². The van der Waals surface area contributed by atoms with E-state index in [9.17, 15) is 4.39 Å². The smallest absolute Gasteiger partial charge is 0.153 e. The first kappa shape index (κ1) is 20.9. The van der Waals surface area contributed by atoms with Crippen LogP contribution in [0.1, 0.15) is 26.7 Å². The quantitative estimate of drug-likeness (QED) is 0.509. The van der Waals surface area contributed by atoms with E-state index in [-0.39, 0.29) is 11.9 Å². The zero-order valence-corrected chi connectivity index (χ0v) is 18.6. The van der Waals surface area contributed by atoms with Crippen LogP contribution in [0.2, 0.25) is 0 Å². The van der Waals surface area contributed by atoms with Gasteiger partial charge in [0.15, 0.2) is 5.82 Å². The van der Waals surface area contributed by atoms with Crippen molar-refractivity contribution in [3.63, 3.8) is 0 Å². The molecule has 1 aromatic carbocycles. The van der Waals surface area contributed by atoms with Crippen LogP contribution in [0.5, 0.6) is 0 Å². The average Bonchev–Trinajstić information content (AvgIpc) is 2.80. The van der Waals surface area contributed by atoms with E-state index >= 15 is 0 Å². The Morgan fingerprint density at radius 1 is 1.09 bits per heavy atom. The maximum atomic E-state index is 13.7. The standard InChI is InChI=1S/C26H25FN6/c1-16(2)30-22-15-25-23(14-21(22)32-26-19(28)6-5-13-29-26)31-20-7-3-4-8-24(20)33(25)18-11-9-17(27)10-12-18/h5-16H,3-4,28H2,1-2H3,(H,29,32). The van der Waals surface area contributed by atoms with E-state index in [1.54, 1.807) is 30.5 Å². The highest BCUT2D eigenvalue weighted by atomic mass is 19.1. The van der Waals surface area contributed by atoms with Gasteiger partial charge in [0.1, 0.15) is 5.82 Å². The van der Waals surface area contributed by atoms with E-state index in [1.807, 2.05) is 26.0 Å². The Hall–Kier alpha value is -4.00. The second-order valence-electron chi connectivity index (χ2n) is 8.33. The van der Waals surface area contributed by atoms with Gasteiger partial charge in [-0.25, -0.2) is 14.4 Å². The van der Waals surface area contributed by atoms with Crippen molar-refractivity contribution < 1.29 is 4.39 Å². The minimum absolute atomic E-state index is 0.0776. The van der Waals surface area contributed by atoms with Gasteiger partial charge in [-0.05, 0) is 75.2 Å². The molecule has 1 aliphatic heterocycles. The number of aromatic nitrogens is 3. The Morgan fingerprint density at radius 2 is 1.88 bits per heavy atom. The van der Waals surface area contributed by atoms with Gasteiger partial charge in [-0.2, -0.15) is 0 Å². The Morgan fingerprint density at radius 3 is 2.64 bits per heavy atom. The average molecular weight is 441 g/mol. The summed E-state index contributed by atoms with van der Waals surface area (Å²) < 4.78 is 15.8. The van der Waals surface area contributed by atoms with Gasteiger partial charge >= 0.3 is 0 Å². The zero-order valence-electron chi connectivity index (χ0n) is 18.6. The second-order valence-corrected chi connectivity index (χ2v) is 8.33. The molecule has 166 valence electrons. The summed E-state index contributed by atoms with van der Waals surface area (Å²) in [5.74, 6) is 0.304. The van der Waals surface area contributed by atoms with Crippen LogP contribution in [0.3, 0.4) is 0 Å². The molecule has 3 aliphatic rings. The van der Waals surface area contributed by atoms with Gasteiger partial charge in [-0.15, -0.1) is 0 Å². The molecule has 0 spiro atoms. The molecule has 2 aliphatic carbocycles. The second kappa shape index (κ2) is 8.50. The van der Waals surface area contributed by atoms with E-state index < -0.39 is 0 Å². The highest BCUT2D eigenvalue weighted by Gasteiger charge is 2.17. The summed E-state index contributed by atoms with van der Waals surface area (Å²) in [5, 5.41) is 6.03. The molecule has 6 nitrogen and oxygen atoms in total. The third kappa shape index (κ3) is 4.09. The fourth-order valence-corrected chi connectivity index (χ4v) is 4.06. The molecule has 0 bridgehead atoms. The highest BCUT2D eigenvalue weighted by molar-refractivity contribution is 5.73. The lowest BCUT2D eigenvalue weighted by Gasteiger charge is -2.20. The fourth-order valence-electron chi connectivity index (χ4n) is 4.06. The monoisotopic (exact) mass is 440 g/mol. The van der Waals surface area contributed by atoms with Crippen LogP contribution in [0.4, 0.5) is 21.6 Å². The number of nitrogens with zero attached hydrogens (tertiary/aromatic N) is 4. The van der Waals surface area contributed by atoms with Crippen molar-refractivity contribution in [1.29, 1.82) is 0 Å². The summed E-state index contributed by atoms with van der Waals surface area (Å²) >= 11 is 0. The van der Waals surface area contributed by atoms with Gasteiger partial charge in [-0.3, -0.25) is 4.99 Å². The lowest BCUT2D eigenvalue weighted by Crippen LogP contribution is -2.40. The lowest BCUT2D eigenvalue weighted by atomic mass is 10.1. The number of hydrogen-bond acceptors (Lipinski definition) is 5. The number of nitrogens with one attached hydrogen (secondary N) is 1. The van der Waals surface area contributed by atoms with E-state index in [2.05, 4.69) is 27.0 Å². The number of halogens is 1. The van der Waals surface area contributed by atoms with Gasteiger partial charge < -0.3 is 15.6 Å². The number of benzene rings is 2. The molecule has 0 radical (unpaired) electrons. The SMILES string of the molecule is CC(C)N=c1cc2n(-c3ccc(F)cc3)c3c(nc-2cc1Nc1ncccc1N)=CCCC=3. The van der Waals surface area contributed by atoms with Crippen molar-refractivity contribution in [1.82, 2.24) is 14.5 Å². The Kier molecular flexibility index (Phi) is 5.38. The van der Waals surface area contributed by atoms with Crippen molar-refractivity contribution in [3.05, 3.63) is 76.6 Å². The molecular weight excluding hydrogens is 415 g/mol. The van der Waals surface area contributed by atoms with E-state index in [0.29, 0.717) is 11.5 Å². The molecule has 0 atom stereocenters. The maximum absolute atomic E-state index is 13.7. The van der Waals surface area contributed by atoms with Gasteiger partial charge in [0.25, 0.3) is 0 Å². The van der Waals surface area contributed by atoms with Gasteiger partial charge in [0.05, 0.1) is 38.8 Å². The maximum Gasteiger partial charge on any atom is 0.153 e. The normalized spacial score (nSPS) is 13.5. The van der Waals surface area contributed by atoms with E-state index in [0.717, 1.165) is 51.7 Å². The Labute approximate surface area is 191 Å². The first-order chi connectivity index (χ1) is 16.0. The molecule has 2 aromatic rings. The first-order valence-electron chi connectivity index (χ1n) is 11.0. The van der Waals surface area contributed by atoms with E-state index in [1.165, 1.54) is 12.1 Å².